The Morgan fingerprint density at radius 1 is 1.15 bits per heavy atom. The van der Waals surface area contributed by atoms with Crippen molar-refractivity contribution in [3.05, 3.63) is 77.1 Å². The summed E-state index contributed by atoms with van der Waals surface area (Å²) in [5.41, 5.74) is 0.979. The molecule has 0 spiro atoms. The van der Waals surface area contributed by atoms with Crippen LogP contribution in [0.15, 0.2) is 65.8 Å². The third kappa shape index (κ3) is 7.48. The van der Waals surface area contributed by atoms with Gasteiger partial charge in [-0.05, 0) is 31.0 Å². The fourth-order valence-electron chi connectivity index (χ4n) is 3.94. The number of hydrogen-bond acceptors (Lipinski definition) is 8. The number of nitrogens with one attached hydrogen (secondary N) is 2. The van der Waals surface area contributed by atoms with E-state index in [-0.39, 0.29) is 22.3 Å². The topological polar surface area (TPSA) is 131 Å². The summed E-state index contributed by atoms with van der Waals surface area (Å²) in [6.07, 6.45) is -0.362. The fourth-order valence-corrected chi connectivity index (χ4v) is 3.94. The predicted octanol–water partition coefficient (Wildman–Crippen LogP) is 3.67. The van der Waals surface area contributed by atoms with Crippen molar-refractivity contribution in [2.24, 2.45) is 0 Å². The number of H-pyrrole nitrogens is 1. The highest BCUT2D eigenvalue weighted by molar-refractivity contribution is 5.82. The van der Waals surface area contributed by atoms with Gasteiger partial charge in [-0.2, -0.15) is 18.2 Å². The van der Waals surface area contributed by atoms with E-state index in [0.29, 0.717) is 42.6 Å². The molecule has 1 amide bonds. The van der Waals surface area contributed by atoms with E-state index in [1.165, 1.54) is 18.6 Å². The van der Waals surface area contributed by atoms with Gasteiger partial charge in [-0.3, -0.25) is 19.1 Å². The normalized spacial score (nSPS) is 11.4. The zero-order chi connectivity index (χ0) is 29.4. The monoisotopic (exact) mass is 572 g/mol. The highest BCUT2D eigenvalue weighted by Crippen LogP contribution is 2.22. The Balaban J connectivity index is 1.66. The first-order chi connectivity index (χ1) is 19.7. The lowest BCUT2D eigenvalue weighted by Crippen LogP contribution is -2.41. The van der Waals surface area contributed by atoms with E-state index in [0.717, 1.165) is 4.57 Å². The maximum absolute atomic E-state index is 13.4. The number of hydrogen-bond donors (Lipinski definition) is 2. The largest absolute Gasteiger partial charge is 0.493 e. The summed E-state index contributed by atoms with van der Waals surface area (Å²) in [6, 6.07) is 11.8. The molecule has 0 saturated carbocycles. The number of anilines is 1. The van der Waals surface area contributed by atoms with Gasteiger partial charge in [0.15, 0.2) is 5.82 Å². The summed E-state index contributed by atoms with van der Waals surface area (Å²) in [7, 11) is 0. The summed E-state index contributed by atoms with van der Waals surface area (Å²) >= 11 is 0. The van der Waals surface area contributed by atoms with Crippen LogP contribution in [0.4, 0.5) is 19.0 Å². The molecule has 0 unspecified atom stereocenters. The smallest absolute Gasteiger partial charge is 0.382 e. The second-order valence-corrected chi connectivity index (χ2v) is 8.79. The molecule has 14 heteroatoms. The van der Waals surface area contributed by atoms with E-state index < -0.39 is 36.7 Å². The van der Waals surface area contributed by atoms with E-state index in [1.807, 2.05) is 6.92 Å². The zero-order valence-corrected chi connectivity index (χ0v) is 22.0. The molecule has 0 fully saturated rings. The number of aromatic nitrogens is 4. The number of carbonyl (C=O) groups is 2. The lowest BCUT2D eigenvalue weighted by Gasteiger charge is -2.23. The fraction of sp³-hybridized carbons (Fsp3) is 0.296. The van der Waals surface area contributed by atoms with Crippen LogP contribution in [-0.2, 0) is 32.3 Å². The second-order valence-electron chi connectivity index (χ2n) is 8.79. The van der Waals surface area contributed by atoms with Crippen LogP contribution >= 0.6 is 0 Å². The van der Waals surface area contributed by atoms with Gasteiger partial charge < -0.3 is 19.9 Å². The number of aromatic amines is 1. The number of rotatable bonds is 11. The summed E-state index contributed by atoms with van der Waals surface area (Å²) in [5.74, 6) is -3.71. The average Bonchev–Trinajstić information content (AvgIpc) is 3.37. The third-order valence-corrected chi connectivity index (χ3v) is 5.87. The van der Waals surface area contributed by atoms with E-state index in [1.54, 1.807) is 42.5 Å². The Morgan fingerprint density at radius 3 is 2.63 bits per heavy atom. The number of nitrogens with zero attached hydrogens (tertiary/aromatic N) is 4. The van der Waals surface area contributed by atoms with Gasteiger partial charge in [0.25, 0.3) is 11.5 Å². The Labute approximate surface area is 231 Å². The van der Waals surface area contributed by atoms with Gasteiger partial charge in [0.05, 0.1) is 18.4 Å². The van der Waals surface area contributed by atoms with Crippen molar-refractivity contribution in [2.75, 3.05) is 25.1 Å². The molecule has 41 heavy (non-hydrogen) atoms. The zero-order valence-electron chi connectivity index (χ0n) is 22.0. The molecule has 0 radical (unpaired) electrons. The standard InChI is InChI=1S/C27H27F3N6O5/c1-2-40-12-6-10-32-24-25(38)35(22(15-33-24)18-7-4-3-5-8-18)17-23(37)36(41-26(39)27(28,29)30)16-20-13-19-14-31-11-9-21(19)34-20/h3-5,7-9,11,13-15,34H,2,6,10,12,16-17H2,1H3,(H,32,33). The number of benzene rings is 1. The van der Waals surface area contributed by atoms with Crippen LogP contribution in [0.25, 0.3) is 22.2 Å². The van der Waals surface area contributed by atoms with Gasteiger partial charge in [0.1, 0.15) is 6.54 Å². The summed E-state index contributed by atoms with van der Waals surface area (Å²) < 4.78 is 45.6. The number of pyridine rings is 1. The highest BCUT2D eigenvalue weighted by Gasteiger charge is 2.43. The first kappa shape index (κ1) is 29.3. The van der Waals surface area contributed by atoms with E-state index in [4.69, 9.17) is 4.74 Å². The lowest BCUT2D eigenvalue weighted by atomic mass is 10.1. The van der Waals surface area contributed by atoms with Crippen LogP contribution in [0.3, 0.4) is 0 Å². The Hall–Kier alpha value is -4.72. The predicted molar refractivity (Wildman–Crippen MR) is 142 cm³/mol. The van der Waals surface area contributed by atoms with Crippen molar-refractivity contribution in [3.63, 3.8) is 0 Å². The summed E-state index contributed by atoms with van der Waals surface area (Å²) in [6.45, 7) is 1.93. The first-order valence-electron chi connectivity index (χ1n) is 12.7. The van der Waals surface area contributed by atoms with E-state index in [9.17, 15) is 27.6 Å². The quantitative estimate of drug-likeness (QED) is 0.206. The maximum Gasteiger partial charge on any atom is 0.493 e. The van der Waals surface area contributed by atoms with Crippen molar-refractivity contribution < 1.29 is 32.3 Å². The molecular weight excluding hydrogens is 545 g/mol. The van der Waals surface area contributed by atoms with Gasteiger partial charge in [0.2, 0.25) is 0 Å². The van der Waals surface area contributed by atoms with Gasteiger partial charge in [-0.15, -0.1) is 0 Å². The molecule has 4 aromatic rings. The molecule has 0 aliphatic rings. The molecular formula is C27H27F3N6O5. The number of carbonyl (C=O) groups excluding carboxylic acids is 2. The van der Waals surface area contributed by atoms with Crippen LogP contribution in [-0.4, -0.2) is 62.4 Å². The number of fused-ring (bicyclic) bond motifs is 1. The SMILES string of the molecule is CCOCCCNc1ncc(-c2ccccc2)n(CC(=O)N(Cc2cc3cnccc3[nH]2)OC(=O)C(F)(F)F)c1=O. The number of hydroxylamine groups is 2. The molecule has 2 N–H and O–H groups in total. The third-order valence-electron chi connectivity index (χ3n) is 5.87. The minimum atomic E-state index is -5.36. The molecule has 0 aliphatic heterocycles. The van der Waals surface area contributed by atoms with Crippen LogP contribution in [0, 0.1) is 0 Å². The average molecular weight is 573 g/mol. The first-order valence-corrected chi connectivity index (χ1v) is 12.7. The molecule has 4 rings (SSSR count). The minimum absolute atomic E-state index is 0.0593. The molecule has 3 aromatic heterocycles. The van der Waals surface area contributed by atoms with Crippen LogP contribution < -0.4 is 10.9 Å². The van der Waals surface area contributed by atoms with Crippen LogP contribution in [0.2, 0.25) is 0 Å². The molecule has 0 saturated heterocycles. The second kappa shape index (κ2) is 13.1. The van der Waals surface area contributed by atoms with E-state index >= 15 is 0 Å². The number of amides is 1. The molecule has 11 nitrogen and oxygen atoms in total. The van der Waals surface area contributed by atoms with Crippen molar-refractivity contribution >= 4 is 28.6 Å². The minimum Gasteiger partial charge on any atom is -0.382 e. The van der Waals surface area contributed by atoms with Crippen molar-refractivity contribution in [3.8, 4) is 11.3 Å². The molecule has 216 valence electrons. The van der Waals surface area contributed by atoms with Crippen molar-refractivity contribution in [1.29, 1.82) is 0 Å². The van der Waals surface area contributed by atoms with Crippen LogP contribution in [0.5, 0.6) is 0 Å². The van der Waals surface area contributed by atoms with Crippen LogP contribution in [0.1, 0.15) is 19.0 Å². The Kier molecular flexibility index (Phi) is 9.34. The molecule has 3 heterocycles. The molecule has 1 aromatic carbocycles. The molecule has 0 aliphatic carbocycles. The lowest BCUT2D eigenvalue weighted by molar-refractivity contribution is -0.239. The molecule has 0 atom stereocenters. The summed E-state index contributed by atoms with van der Waals surface area (Å²) in [4.78, 5) is 54.2. The Bertz CT molecular complexity index is 1520. The maximum atomic E-state index is 13.4. The van der Waals surface area contributed by atoms with Crippen molar-refractivity contribution in [2.45, 2.75) is 32.6 Å². The molecule has 0 bridgehead atoms. The van der Waals surface area contributed by atoms with Gasteiger partial charge in [0, 0.05) is 48.7 Å². The highest BCUT2D eigenvalue weighted by atomic mass is 19.4. The number of halogens is 3. The Morgan fingerprint density at radius 2 is 1.93 bits per heavy atom. The number of ether oxygens (including phenoxy) is 1. The summed E-state index contributed by atoms with van der Waals surface area (Å²) in [5, 5.41) is 3.82. The number of alkyl halides is 3. The van der Waals surface area contributed by atoms with Gasteiger partial charge >= 0.3 is 12.1 Å². The van der Waals surface area contributed by atoms with Gasteiger partial charge in [-0.1, -0.05) is 30.3 Å². The van der Waals surface area contributed by atoms with Gasteiger partial charge in [-0.25, -0.2) is 9.78 Å². The van der Waals surface area contributed by atoms with Crippen molar-refractivity contribution in [1.82, 2.24) is 24.6 Å². The van der Waals surface area contributed by atoms with E-state index in [2.05, 4.69) is 25.1 Å².